The SMILES string of the molecule is CCn1cc(COc2ccccc2N2C(=O)c3ccccc3C2=O)c(C)n1. The quantitative estimate of drug-likeness (QED) is 0.652. The second-order valence-electron chi connectivity index (χ2n) is 6.34. The Labute approximate surface area is 157 Å². The topological polar surface area (TPSA) is 64.4 Å². The van der Waals surface area contributed by atoms with E-state index in [1.54, 1.807) is 42.5 Å². The Morgan fingerprint density at radius 1 is 0.963 bits per heavy atom. The van der Waals surface area contributed by atoms with Gasteiger partial charge in [-0.3, -0.25) is 14.3 Å². The molecule has 0 saturated carbocycles. The minimum Gasteiger partial charge on any atom is -0.487 e. The second kappa shape index (κ2) is 6.72. The van der Waals surface area contributed by atoms with Crippen molar-refractivity contribution in [3.05, 3.63) is 77.1 Å². The van der Waals surface area contributed by atoms with E-state index in [-0.39, 0.29) is 11.8 Å². The van der Waals surface area contributed by atoms with E-state index < -0.39 is 0 Å². The first-order valence-corrected chi connectivity index (χ1v) is 8.82. The summed E-state index contributed by atoms with van der Waals surface area (Å²) in [6.45, 7) is 5.05. The lowest BCUT2D eigenvalue weighted by Gasteiger charge is -2.18. The molecule has 27 heavy (non-hydrogen) atoms. The van der Waals surface area contributed by atoms with E-state index >= 15 is 0 Å². The maximum atomic E-state index is 12.8. The van der Waals surface area contributed by atoms with Crippen molar-refractivity contribution < 1.29 is 14.3 Å². The minimum absolute atomic E-state index is 0.312. The summed E-state index contributed by atoms with van der Waals surface area (Å²) in [5, 5.41) is 4.41. The molecule has 0 aliphatic carbocycles. The first-order valence-electron chi connectivity index (χ1n) is 8.82. The minimum atomic E-state index is -0.332. The number of hydrogen-bond acceptors (Lipinski definition) is 4. The van der Waals surface area contributed by atoms with Crippen LogP contribution in [-0.2, 0) is 13.2 Å². The predicted molar refractivity (Wildman–Crippen MR) is 101 cm³/mol. The Kier molecular flexibility index (Phi) is 4.24. The molecule has 2 heterocycles. The molecule has 0 N–H and O–H groups in total. The van der Waals surface area contributed by atoms with Crippen molar-refractivity contribution in [2.45, 2.75) is 27.0 Å². The number of amides is 2. The van der Waals surface area contributed by atoms with E-state index in [0.717, 1.165) is 17.8 Å². The number of nitrogens with zero attached hydrogens (tertiary/aromatic N) is 3. The van der Waals surface area contributed by atoms with E-state index in [1.807, 2.05) is 30.8 Å². The fraction of sp³-hybridized carbons (Fsp3) is 0.190. The number of hydrogen-bond donors (Lipinski definition) is 0. The maximum Gasteiger partial charge on any atom is 0.266 e. The Balaban J connectivity index is 1.63. The van der Waals surface area contributed by atoms with Crippen LogP contribution < -0.4 is 9.64 Å². The lowest BCUT2D eigenvalue weighted by Crippen LogP contribution is -2.29. The highest BCUT2D eigenvalue weighted by atomic mass is 16.5. The zero-order chi connectivity index (χ0) is 19.0. The van der Waals surface area contributed by atoms with E-state index in [4.69, 9.17) is 4.74 Å². The van der Waals surface area contributed by atoms with Gasteiger partial charge in [0.2, 0.25) is 0 Å². The fourth-order valence-electron chi connectivity index (χ4n) is 3.19. The lowest BCUT2D eigenvalue weighted by atomic mass is 10.1. The van der Waals surface area contributed by atoms with Crippen molar-refractivity contribution in [3.63, 3.8) is 0 Å². The van der Waals surface area contributed by atoms with Crippen LogP contribution >= 0.6 is 0 Å². The van der Waals surface area contributed by atoms with Gasteiger partial charge in [-0.1, -0.05) is 24.3 Å². The van der Waals surface area contributed by atoms with Crippen molar-refractivity contribution in [1.82, 2.24) is 9.78 Å². The monoisotopic (exact) mass is 361 g/mol. The molecule has 2 amide bonds. The van der Waals surface area contributed by atoms with Gasteiger partial charge in [0.25, 0.3) is 11.8 Å². The van der Waals surface area contributed by atoms with Crippen molar-refractivity contribution in [3.8, 4) is 5.75 Å². The molecule has 0 unspecified atom stereocenters. The Hall–Kier alpha value is -3.41. The molecule has 0 spiro atoms. The van der Waals surface area contributed by atoms with Crippen molar-refractivity contribution in [2.75, 3.05) is 4.90 Å². The molecule has 6 heteroatoms. The van der Waals surface area contributed by atoms with Crippen LogP contribution in [0, 0.1) is 6.92 Å². The summed E-state index contributed by atoms with van der Waals surface area (Å²) in [5.74, 6) is -0.182. The molecule has 3 aromatic rings. The molecule has 0 bridgehead atoms. The Morgan fingerprint density at radius 3 is 2.22 bits per heavy atom. The van der Waals surface area contributed by atoms with E-state index in [1.165, 1.54) is 4.90 Å². The van der Waals surface area contributed by atoms with Crippen LogP contribution in [0.25, 0.3) is 0 Å². The number of anilines is 1. The molecule has 136 valence electrons. The van der Waals surface area contributed by atoms with Gasteiger partial charge >= 0.3 is 0 Å². The van der Waals surface area contributed by atoms with Crippen molar-refractivity contribution in [1.29, 1.82) is 0 Å². The smallest absolute Gasteiger partial charge is 0.266 e. The van der Waals surface area contributed by atoms with Crippen LogP contribution in [-0.4, -0.2) is 21.6 Å². The van der Waals surface area contributed by atoms with Crippen LogP contribution in [0.4, 0.5) is 5.69 Å². The molecule has 6 nitrogen and oxygen atoms in total. The third kappa shape index (κ3) is 2.89. The summed E-state index contributed by atoms with van der Waals surface area (Å²) >= 11 is 0. The van der Waals surface area contributed by atoms with Crippen LogP contribution in [0.5, 0.6) is 5.75 Å². The summed E-state index contributed by atoms with van der Waals surface area (Å²) in [6.07, 6.45) is 1.94. The molecule has 0 radical (unpaired) electrons. The molecule has 1 aromatic heterocycles. The van der Waals surface area contributed by atoms with Gasteiger partial charge in [-0.15, -0.1) is 0 Å². The molecule has 2 aromatic carbocycles. The molecule has 0 atom stereocenters. The van der Waals surface area contributed by atoms with Crippen molar-refractivity contribution in [2.24, 2.45) is 0 Å². The largest absolute Gasteiger partial charge is 0.487 e. The molecule has 1 aliphatic heterocycles. The number of para-hydroxylation sites is 2. The summed E-state index contributed by atoms with van der Waals surface area (Å²) in [6, 6.07) is 13.9. The standard InChI is InChI=1S/C21H19N3O3/c1-3-23-12-15(14(2)22-23)13-27-19-11-7-6-10-18(19)24-20(25)16-8-4-5-9-17(16)21(24)26/h4-12H,3,13H2,1-2H3. The normalized spacial score (nSPS) is 13.2. The number of carbonyl (C=O) groups excluding carboxylic acids is 2. The van der Waals surface area contributed by atoms with Gasteiger partial charge in [0, 0.05) is 18.3 Å². The highest BCUT2D eigenvalue weighted by molar-refractivity contribution is 6.34. The average molecular weight is 361 g/mol. The highest BCUT2D eigenvalue weighted by Gasteiger charge is 2.37. The van der Waals surface area contributed by atoms with Gasteiger partial charge in [-0.25, -0.2) is 4.90 Å². The van der Waals surface area contributed by atoms with Gasteiger partial charge in [0.15, 0.2) is 0 Å². The molecule has 0 saturated heterocycles. The molecule has 0 fully saturated rings. The highest BCUT2D eigenvalue weighted by Crippen LogP contribution is 2.35. The number of rotatable bonds is 5. The zero-order valence-corrected chi connectivity index (χ0v) is 15.2. The Morgan fingerprint density at radius 2 is 1.59 bits per heavy atom. The summed E-state index contributed by atoms with van der Waals surface area (Å²) in [7, 11) is 0. The van der Waals surface area contributed by atoms with Gasteiger partial charge < -0.3 is 4.74 Å². The number of carbonyl (C=O) groups is 2. The molecular formula is C21H19N3O3. The van der Waals surface area contributed by atoms with Gasteiger partial charge in [0.05, 0.1) is 22.5 Å². The van der Waals surface area contributed by atoms with Crippen LogP contribution in [0.1, 0.15) is 38.9 Å². The van der Waals surface area contributed by atoms with E-state index in [9.17, 15) is 9.59 Å². The molecule has 1 aliphatic rings. The number of benzene rings is 2. The maximum absolute atomic E-state index is 12.8. The first kappa shape index (κ1) is 17.0. The number of imide groups is 1. The number of aryl methyl sites for hydroxylation is 2. The van der Waals surface area contributed by atoms with Gasteiger partial charge in [-0.05, 0) is 38.1 Å². The third-order valence-corrected chi connectivity index (χ3v) is 4.66. The van der Waals surface area contributed by atoms with Crippen LogP contribution in [0.2, 0.25) is 0 Å². The Bertz CT molecular complexity index is 1000. The van der Waals surface area contributed by atoms with Crippen molar-refractivity contribution >= 4 is 17.5 Å². The van der Waals surface area contributed by atoms with Crippen LogP contribution in [0.3, 0.4) is 0 Å². The number of ether oxygens (including phenoxy) is 1. The number of aromatic nitrogens is 2. The first-order chi connectivity index (χ1) is 13.1. The summed E-state index contributed by atoms with van der Waals surface area (Å²) < 4.78 is 7.82. The fourth-order valence-corrected chi connectivity index (χ4v) is 3.19. The average Bonchev–Trinajstić information content (AvgIpc) is 3.18. The third-order valence-electron chi connectivity index (χ3n) is 4.66. The lowest BCUT2D eigenvalue weighted by molar-refractivity contribution is 0.0924. The summed E-state index contributed by atoms with van der Waals surface area (Å²) in [5.41, 5.74) is 3.14. The van der Waals surface area contributed by atoms with Crippen LogP contribution in [0.15, 0.2) is 54.7 Å². The predicted octanol–water partition coefficient (Wildman–Crippen LogP) is 3.59. The van der Waals surface area contributed by atoms with E-state index in [2.05, 4.69) is 5.10 Å². The second-order valence-corrected chi connectivity index (χ2v) is 6.34. The van der Waals surface area contributed by atoms with Gasteiger partial charge in [0.1, 0.15) is 12.4 Å². The molecular weight excluding hydrogens is 342 g/mol. The van der Waals surface area contributed by atoms with Gasteiger partial charge in [-0.2, -0.15) is 5.10 Å². The van der Waals surface area contributed by atoms with E-state index in [0.29, 0.717) is 29.2 Å². The zero-order valence-electron chi connectivity index (χ0n) is 15.2. The summed E-state index contributed by atoms with van der Waals surface area (Å²) in [4.78, 5) is 26.7. The molecule has 4 rings (SSSR count). The number of fused-ring (bicyclic) bond motifs is 1.